The van der Waals surface area contributed by atoms with Gasteiger partial charge in [-0.15, -0.1) is 0 Å². The van der Waals surface area contributed by atoms with Gasteiger partial charge in [0, 0.05) is 6.54 Å². The van der Waals surface area contributed by atoms with Crippen LogP contribution in [0.4, 0.5) is 11.4 Å². The molecule has 5 N–H and O–H groups in total. The van der Waals surface area contributed by atoms with Crippen molar-refractivity contribution in [2.24, 2.45) is 11.1 Å². The fraction of sp³-hybridized carbons (Fsp3) is 0.500. The SMILES string of the molecule is Nc1ccc(S(N)(=O)=O)cc1NCCCC1CC1. The average Bonchev–Trinajstić information content (AvgIpc) is 3.09. The number of hydrogen-bond acceptors (Lipinski definition) is 4. The molecular formula is C12H19N3O2S. The van der Waals surface area contributed by atoms with Gasteiger partial charge in [-0.3, -0.25) is 0 Å². The molecule has 1 aliphatic rings. The summed E-state index contributed by atoms with van der Waals surface area (Å²) < 4.78 is 22.5. The van der Waals surface area contributed by atoms with Crippen LogP contribution in [-0.2, 0) is 10.0 Å². The van der Waals surface area contributed by atoms with E-state index in [1.54, 1.807) is 6.07 Å². The fourth-order valence-electron chi connectivity index (χ4n) is 1.89. The second-order valence-corrected chi connectivity index (χ2v) is 6.37. The van der Waals surface area contributed by atoms with Gasteiger partial charge in [0.15, 0.2) is 0 Å². The lowest BCUT2D eigenvalue weighted by Gasteiger charge is -2.10. The number of primary sulfonamides is 1. The van der Waals surface area contributed by atoms with Gasteiger partial charge >= 0.3 is 0 Å². The van der Waals surface area contributed by atoms with E-state index in [2.05, 4.69) is 5.32 Å². The van der Waals surface area contributed by atoms with Crippen molar-refractivity contribution >= 4 is 21.4 Å². The Morgan fingerprint density at radius 1 is 1.33 bits per heavy atom. The van der Waals surface area contributed by atoms with E-state index in [0.717, 1.165) is 18.9 Å². The first-order valence-corrected chi connectivity index (χ1v) is 7.67. The number of nitrogens with one attached hydrogen (secondary N) is 1. The fourth-order valence-corrected chi connectivity index (χ4v) is 2.43. The van der Waals surface area contributed by atoms with Gasteiger partial charge in [-0.1, -0.05) is 12.8 Å². The highest BCUT2D eigenvalue weighted by atomic mass is 32.2. The second-order valence-electron chi connectivity index (χ2n) is 4.81. The normalized spacial score (nSPS) is 15.6. The van der Waals surface area contributed by atoms with Crippen molar-refractivity contribution in [3.05, 3.63) is 18.2 Å². The minimum absolute atomic E-state index is 0.0846. The molecular weight excluding hydrogens is 250 g/mol. The van der Waals surface area contributed by atoms with Crippen LogP contribution in [0.15, 0.2) is 23.1 Å². The zero-order valence-electron chi connectivity index (χ0n) is 10.2. The van der Waals surface area contributed by atoms with Crippen molar-refractivity contribution in [2.45, 2.75) is 30.6 Å². The molecule has 0 bridgehead atoms. The lowest BCUT2D eigenvalue weighted by molar-refractivity contribution is 0.598. The average molecular weight is 269 g/mol. The van der Waals surface area contributed by atoms with Crippen LogP contribution in [0.2, 0.25) is 0 Å². The van der Waals surface area contributed by atoms with Crippen molar-refractivity contribution in [2.75, 3.05) is 17.6 Å². The Labute approximate surface area is 108 Å². The number of benzene rings is 1. The van der Waals surface area contributed by atoms with Gasteiger partial charge in [-0.05, 0) is 37.0 Å². The minimum atomic E-state index is -3.67. The van der Waals surface area contributed by atoms with Crippen molar-refractivity contribution < 1.29 is 8.42 Å². The standard InChI is InChI=1S/C12H19N3O2S/c13-11-6-5-10(18(14,16)17)8-12(11)15-7-1-2-9-3-4-9/h5-6,8-9,15H,1-4,7,13H2,(H2,14,16,17). The van der Waals surface area contributed by atoms with E-state index < -0.39 is 10.0 Å². The minimum Gasteiger partial charge on any atom is -0.397 e. The number of anilines is 2. The first-order valence-electron chi connectivity index (χ1n) is 6.13. The summed E-state index contributed by atoms with van der Waals surface area (Å²) in [6, 6.07) is 4.46. The van der Waals surface area contributed by atoms with Crippen molar-refractivity contribution in [3.63, 3.8) is 0 Å². The zero-order chi connectivity index (χ0) is 13.2. The maximum Gasteiger partial charge on any atom is 0.238 e. The Hall–Kier alpha value is -1.27. The Morgan fingerprint density at radius 2 is 2.06 bits per heavy atom. The van der Waals surface area contributed by atoms with Crippen LogP contribution >= 0.6 is 0 Å². The first-order chi connectivity index (χ1) is 8.47. The lowest BCUT2D eigenvalue weighted by Crippen LogP contribution is -2.13. The maximum atomic E-state index is 11.2. The molecule has 6 heteroatoms. The van der Waals surface area contributed by atoms with E-state index in [1.165, 1.54) is 31.4 Å². The second kappa shape index (κ2) is 5.16. The van der Waals surface area contributed by atoms with Crippen LogP contribution in [0.25, 0.3) is 0 Å². The van der Waals surface area contributed by atoms with Gasteiger partial charge in [0.2, 0.25) is 10.0 Å². The van der Waals surface area contributed by atoms with Gasteiger partial charge in [0.1, 0.15) is 0 Å². The van der Waals surface area contributed by atoms with E-state index >= 15 is 0 Å². The molecule has 2 rings (SSSR count). The topological polar surface area (TPSA) is 98.2 Å². The predicted octanol–water partition coefficient (Wildman–Crippen LogP) is 1.52. The number of rotatable bonds is 6. The number of hydrogen-bond donors (Lipinski definition) is 3. The number of sulfonamides is 1. The molecule has 1 saturated carbocycles. The highest BCUT2D eigenvalue weighted by molar-refractivity contribution is 7.89. The van der Waals surface area contributed by atoms with Crippen LogP contribution in [0.3, 0.4) is 0 Å². The largest absolute Gasteiger partial charge is 0.397 e. The Balaban J connectivity index is 1.97. The van der Waals surface area contributed by atoms with Gasteiger partial charge in [0.25, 0.3) is 0 Å². The van der Waals surface area contributed by atoms with E-state index in [1.807, 2.05) is 0 Å². The van der Waals surface area contributed by atoms with E-state index in [9.17, 15) is 8.42 Å². The van der Waals surface area contributed by atoms with Crippen LogP contribution < -0.4 is 16.2 Å². The summed E-state index contributed by atoms with van der Waals surface area (Å²) >= 11 is 0. The molecule has 0 heterocycles. The summed E-state index contributed by atoms with van der Waals surface area (Å²) in [4.78, 5) is 0.0846. The summed E-state index contributed by atoms with van der Waals surface area (Å²) in [6.45, 7) is 0.800. The molecule has 0 radical (unpaired) electrons. The van der Waals surface area contributed by atoms with Gasteiger partial charge in [0.05, 0.1) is 16.3 Å². The quantitative estimate of drug-likeness (QED) is 0.538. The Morgan fingerprint density at radius 3 is 2.67 bits per heavy atom. The Kier molecular flexibility index (Phi) is 3.77. The van der Waals surface area contributed by atoms with Crippen molar-refractivity contribution in [1.82, 2.24) is 0 Å². The maximum absolute atomic E-state index is 11.2. The van der Waals surface area contributed by atoms with Crippen LogP contribution in [0.5, 0.6) is 0 Å². The summed E-state index contributed by atoms with van der Waals surface area (Å²) in [5.74, 6) is 0.903. The molecule has 1 aliphatic carbocycles. The third-order valence-electron chi connectivity index (χ3n) is 3.15. The molecule has 0 amide bonds. The molecule has 18 heavy (non-hydrogen) atoms. The first kappa shape index (κ1) is 13.2. The smallest absolute Gasteiger partial charge is 0.238 e. The molecule has 1 aromatic rings. The lowest BCUT2D eigenvalue weighted by atomic mass is 10.2. The molecule has 0 saturated heterocycles. The molecule has 0 spiro atoms. The highest BCUT2D eigenvalue weighted by Crippen LogP contribution is 2.33. The number of nitrogen functional groups attached to an aromatic ring is 1. The summed E-state index contributed by atoms with van der Waals surface area (Å²) in [5, 5.41) is 8.25. The van der Waals surface area contributed by atoms with Crippen LogP contribution in [-0.4, -0.2) is 15.0 Å². The highest BCUT2D eigenvalue weighted by Gasteiger charge is 2.20. The molecule has 1 fully saturated rings. The summed E-state index contributed by atoms with van der Waals surface area (Å²) in [7, 11) is -3.67. The molecule has 5 nitrogen and oxygen atoms in total. The van der Waals surface area contributed by atoms with Gasteiger partial charge in [-0.25, -0.2) is 13.6 Å². The molecule has 100 valence electrons. The summed E-state index contributed by atoms with van der Waals surface area (Å²) in [5.41, 5.74) is 6.96. The predicted molar refractivity (Wildman–Crippen MR) is 72.7 cm³/mol. The van der Waals surface area contributed by atoms with E-state index in [-0.39, 0.29) is 4.90 Å². The van der Waals surface area contributed by atoms with Crippen molar-refractivity contribution in [1.29, 1.82) is 0 Å². The monoisotopic (exact) mass is 269 g/mol. The van der Waals surface area contributed by atoms with E-state index in [0.29, 0.717) is 11.4 Å². The van der Waals surface area contributed by atoms with Gasteiger partial charge < -0.3 is 11.1 Å². The molecule has 0 atom stereocenters. The van der Waals surface area contributed by atoms with Crippen molar-refractivity contribution in [3.8, 4) is 0 Å². The number of nitrogens with two attached hydrogens (primary N) is 2. The third kappa shape index (κ3) is 3.61. The Bertz CT molecular complexity index is 524. The molecule has 1 aromatic carbocycles. The van der Waals surface area contributed by atoms with E-state index in [4.69, 9.17) is 10.9 Å². The zero-order valence-corrected chi connectivity index (χ0v) is 11.0. The van der Waals surface area contributed by atoms with Crippen LogP contribution in [0, 0.1) is 5.92 Å². The molecule has 0 aliphatic heterocycles. The molecule has 0 unspecified atom stereocenters. The summed E-state index contributed by atoms with van der Waals surface area (Å²) in [6.07, 6.45) is 5.00. The van der Waals surface area contributed by atoms with Crippen LogP contribution in [0.1, 0.15) is 25.7 Å². The molecule has 0 aromatic heterocycles. The third-order valence-corrected chi connectivity index (χ3v) is 4.07. The van der Waals surface area contributed by atoms with Gasteiger partial charge in [-0.2, -0.15) is 0 Å².